The van der Waals surface area contributed by atoms with Gasteiger partial charge in [0.15, 0.2) is 0 Å². The summed E-state index contributed by atoms with van der Waals surface area (Å²) < 4.78 is 0. The number of anilines is 1. The van der Waals surface area contributed by atoms with Crippen molar-refractivity contribution in [2.24, 2.45) is 0 Å². The molecule has 0 aliphatic heterocycles. The highest BCUT2D eigenvalue weighted by Crippen LogP contribution is 2.12. The maximum absolute atomic E-state index is 8.54. The molecule has 1 atom stereocenters. The van der Waals surface area contributed by atoms with E-state index in [0.717, 1.165) is 0 Å². The minimum absolute atomic E-state index is 0.0983. The quantitative estimate of drug-likeness (QED) is 0.764. The van der Waals surface area contributed by atoms with Crippen LogP contribution in [0.5, 0.6) is 0 Å². The summed E-state index contributed by atoms with van der Waals surface area (Å²) >= 11 is 5.66. The molecule has 0 bridgehead atoms. The standard InChI is InChI=1S/C9H11ClN4/c1-7(3-4-11)14(2)9-12-5-8(10)6-13-9/h5-7H,3H2,1-2H3. The third kappa shape index (κ3) is 2.57. The zero-order chi connectivity index (χ0) is 10.6. The molecule has 0 amide bonds. The largest absolute Gasteiger partial charge is 0.340 e. The van der Waals surface area contributed by atoms with Gasteiger partial charge in [0.25, 0.3) is 0 Å². The lowest BCUT2D eigenvalue weighted by atomic mass is 10.2. The molecule has 1 aromatic heterocycles. The van der Waals surface area contributed by atoms with E-state index in [1.54, 1.807) is 12.4 Å². The third-order valence-electron chi connectivity index (χ3n) is 1.97. The summed E-state index contributed by atoms with van der Waals surface area (Å²) in [6.07, 6.45) is 3.53. The van der Waals surface area contributed by atoms with Gasteiger partial charge in [-0.05, 0) is 6.92 Å². The molecule has 14 heavy (non-hydrogen) atoms. The lowest BCUT2D eigenvalue weighted by molar-refractivity contribution is 0.683. The number of halogens is 1. The monoisotopic (exact) mass is 210 g/mol. The van der Waals surface area contributed by atoms with Crippen molar-refractivity contribution in [2.45, 2.75) is 19.4 Å². The van der Waals surface area contributed by atoms with Crippen LogP contribution in [0.15, 0.2) is 12.4 Å². The van der Waals surface area contributed by atoms with Crippen molar-refractivity contribution in [1.82, 2.24) is 9.97 Å². The first-order valence-corrected chi connectivity index (χ1v) is 4.60. The lowest BCUT2D eigenvalue weighted by Gasteiger charge is -2.22. The Balaban J connectivity index is 2.74. The van der Waals surface area contributed by atoms with Crippen LogP contribution in [0.1, 0.15) is 13.3 Å². The minimum Gasteiger partial charge on any atom is -0.340 e. The van der Waals surface area contributed by atoms with Gasteiger partial charge >= 0.3 is 0 Å². The molecule has 0 saturated heterocycles. The molecule has 4 nitrogen and oxygen atoms in total. The van der Waals surface area contributed by atoms with E-state index < -0.39 is 0 Å². The first-order chi connectivity index (χ1) is 6.65. The Hall–Kier alpha value is -1.34. The van der Waals surface area contributed by atoms with E-state index in [9.17, 15) is 0 Å². The topological polar surface area (TPSA) is 52.8 Å². The van der Waals surface area contributed by atoms with Crippen molar-refractivity contribution >= 4 is 17.5 Å². The minimum atomic E-state index is 0.0983. The molecule has 0 saturated carbocycles. The first-order valence-electron chi connectivity index (χ1n) is 4.22. The van der Waals surface area contributed by atoms with E-state index in [1.807, 2.05) is 18.9 Å². The van der Waals surface area contributed by atoms with Crippen LogP contribution in [0, 0.1) is 11.3 Å². The Bertz CT molecular complexity index is 330. The Kier molecular flexibility index (Phi) is 3.66. The highest BCUT2D eigenvalue weighted by molar-refractivity contribution is 6.30. The predicted molar refractivity (Wildman–Crippen MR) is 55.1 cm³/mol. The van der Waals surface area contributed by atoms with E-state index >= 15 is 0 Å². The number of rotatable bonds is 3. The Morgan fingerprint density at radius 2 is 2.14 bits per heavy atom. The van der Waals surface area contributed by atoms with Gasteiger partial charge in [-0.3, -0.25) is 0 Å². The fourth-order valence-electron chi connectivity index (χ4n) is 0.954. The normalized spacial score (nSPS) is 11.9. The van der Waals surface area contributed by atoms with E-state index in [1.165, 1.54) is 0 Å². The van der Waals surface area contributed by atoms with Gasteiger partial charge in [0.1, 0.15) is 0 Å². The maximum Gasteiger partial charge on any atom is 0.225 e. The van der Waals surface area contributed by atoms with Crippen LogP contribution in [0.4, 0.5) is 5.95 Å². The fourth-order valence-corrected chi connectivity index (χ4v) is 1.05. The van der Waals surface area contributed by atoms with Crippen molar-refractivity contribution in [3.05, 3.63) is 17.4 Å². The summed E-state index contributed by atoms with van der Waals surface area (Å²) in [6, 6.07) is 2.20. The molecule has 0 radical (unpaired) electrons. The number of aromatic nitrogens is 2. The van der Waals surface area contributed by atoms with Crippen molar-refractivity contribution in [2.75, 3.05) is 11.9 Å². The van der Waals surface area contributed by atoms with Crippen LogP contribution in [-0.4, -0.2) is 23.1 Å². The summed E-state index contributed by atoms with van der Waals surface area (Å²) in [7, 11) is 1.85. The Morgan fingerprint density at radius 3 is 2.64 bits per heavy atom. The number of nitriles is 1. The van der Waals surface area contributed by atoms with Crippen LogP contribution in [0.25, 0.3) is 0 Å². The Labute approximate surface area is 88.2 Å². The van der Waals surface area contributed by atoms with Crippen LogP contribution in [0.3, 0.4) is 0 Å². The molecule has 0 aliphatic rings. The first kappa shape index (κ1) is 10.7. The molecular formula is C9H11ClN4. The van der Waals surface area contributed by atoms with Gasteiger partial charge in [0.2, 0.25) is 5.95 Å². The van der Waals surface area contributed by atoms with Gasteiger partial charge in [-0.25, -0.2) is 9.97 Å². The average Bonchev–Trinajstić information content (AvgIpc) is 2.18. The highest BCUT2D eigenvalue weighted by atomic mass is 35.5. The van der Waals surface area contributed by atoms with Crippen LogP contribution >= 0.6 is 11.6 Å². The van der Waals surface area contributed by atoms with Gasteiger partial charge in [-0.15, -0.1) is 0 Å². The number of hydrogen-bond donors (Lipinski definition) is 0. The van der Waals surface area contributed by atoms with E-state index in [-0.39, 0.29) is 6.04 Å². The summed E-state index contributed by atoms with van der Waals surface area (Å²) in [5, 5.41) is 9.05. The second kappa shape index (κ2) is 4.77. The molecule has 5 heteroatoms. The van der Waals surface area contributed by atoms with Gasteiger partial charge in [-0.1, -0.05) is 11.6 Å². The zero-order valence-corrected chi connectivity index (χ0v) is 8.86. The predicted octanol–water partition coefficient (Wildman–Crippen LogP) is 1.87. The van der Waals surface area contributed by atoms with E-state index in [0.29, 0.717) is 17.4 Å². The van der Waals surface area contributed by atoms with Crippen molar-refractivity contribution in [3.8, 4) is 6.07 Å². The molecule has 1 rings (SSSR count). The molecule has 0 fully saturated rings. The number of nitrogens with zero attached hydrogens (tertiary/aromatic N) is 4. The molecule has 0 aliphatic carbocycles. The molecule has 0 spiro atoms. The molecule has 0 aromatic carbocycles. The van der Waals surface area contributed by atoms with Crippen LogP contribution < -0.4 is 4.90 Å². The summed E-state index contributed by atoms with van der Waals surface area (Å²) in [5.41, 5.74) is 0. The van der Waals surface area contributed by atoms with E-state index in [4.69, 9.17) is 16.9 Å². The smallest absolute Gasteiger partial charge is 0.225 e. The van der Waals surface area contributed by atoms with Gasteiger partial charge in [0.05, 0.1) is 29.9 Å². The lowest BCUT2D eigenvalue weighted by Crippen LogP contribution is -2.29. The van der Waals surface area contributed by atoms with E-state index in [2.05, 4.69) is 16.0 Å². The average molecular weight is 211 g/mol. The summed E-state index contributed by atoms with van der Waals surface area (Å²) in [4.78, 5) is 9.96. The third-order valence-corrected chi connectivity index (χ3v) is 2.17. The number of hydrogen-bond acceptors (Lipinski definition) is 4. The Morgan fingerprint density at radius 1 is 1.57 bits per heavy atom. The molecule has 1 heterocycles. The second-order valence-corrected chi connectivity index (χ2v) is 3.46. The molecule has 1 aromatic rings. The molecule has 0 N–H and O–H groups in total. The van der Waals surface area contributed by atoms with Gasteiger partial charge < -0.3 is 4.90 Å². The fraction of sp³-hybridized carbons (Fsp3) is 0.444. The van der Waals surface area contributed by atoms with Crippen LogP contribution in [0.2, 0.25) is 5.02 Å². The molecular weight excluding hydrogens is 200 g/mol. The maximum atomic E-state index is 8.54. The highest BCUT2D eigenvalue weighted by Gasteiger charge is 2.11. The summed E-state index contributed by atoms with van der Waals surface area (Å²) in [6.45, 7) is 1.95. The second-order valence-electron chi connectivity index (χ2n) is 3.02. The van der Waals surface area contributed by atoms with Gasteiger partial charge in [0, 0.05) is 13.1 Å². The van der Waals surface area contributed by atoms with Crippen molar-refractivity contribution in [3.63, 3.8) is 0 Å². The van der Waals surface area contributed by atoms with Gasteiger partial charge in [-0.2, -0.15) is 5.26 Å². The zero-order valence-electron chi connectivity index (χ0n) is 8.11. The van der Waals surface area contributed by atoms with Crippen molar-refractivity contribution < 1.29 is 0 Å². The van der Waals surface area contributed by atoms with Crippen molar-refractivity contribution in [1.29, 1.82) is 5.26 Å². The SMILES string of the molecule is CC(CC#N)N(C)c1ncc(Cl)cn1. The molecule has 74 valence electrons. The molecule has 1 unspecified atom stereocenters. The summed E-state index contributed by atoms with van der Waals surface area (Å²) in [5.74, 6) is 0.581. The van der Waals surface area contributed by atoms with Crippen LogP contribution in [-0.2, 0) is 0 Å².